The molecule has 0 saturated carbocycles. The normalized spacial score (nSPS) is 41.6. The molecule has 70 valence electrons. The molecule has 0 spiro atoms. The van der Waals surface area contributed by atoms with Crippen LogP contribution in [0.1, 0.15) is 0 Å². The van der Waals surface area contributed by atoms with Crippen molar-refractivity contribution in [3.05, 3.63) is 0 Å². The van der Waals surface area contributed by atoms with Gasteiger partial charge in [-0.3, -0.25) is 4.90 Å². The number of hydrogen-bond donors (Lipinski definition) is 0. The van der Waals surface area contributed by atoms with Gasteiger partial charge in [0.15, 0.2) is 0 Å². The number of quaternary nitrogens is 1. The minimum absolute atomic E-state index is 0.337. The zero-order valence-corrected chi connectivity index (χ0v) is 8.18. The predicted octanol–water partition coefficient (Wildman–Crippen LogP) is -0.908. The highest BCUT2D eigenvalue weighted by atomic mass is 32.2. The highest BCUT2D eigenvalue weighted by molar-refractivity contribution is 7.85. The summed E-state index contributed by atoms with van der Waals surface area (Å²) in [5, 5.41) is 0. The highest BCUT2D eigenvalue weighted by Crippen LogP contribution is 2.23. The van der Waals surface area contributed by atoms with Crippen LogP contribution in [0.2, 0.25) is 0 Å². The second kappa shape index (κ2) is 2.43. The first-order valence-electron chi connectivity index (χ1n) is 4.32. The van der Waals surface area contributed by atoms with Crippen molar-refractivity contribution in [1.29, 1.82) is 0 Å². The maximum absolute atomic E-state index is 11.5. The summed E-state index contributed by atoms with van der Waals surface area (Å²) < 4.78 is 23.4. The lowest BCUT2D eigenvalue weighted by Gasteiger charge is -2.47. The second-order valence-corrected chi connectivity index (χ2v) is 6.04. The highest BCUT2D eigenvalue weighted by Gasteiger charge is 2.45. The summed E-state index contributed by atoms with van der Waals surface area (Å²) in [4.78, 5) is 2.34. The molecule has 3 rings (SSSR count). The van der Waals surface area contributed by atoms with Gasteiger partial charge in [0.05, 0.1) is 6.26 Å². The van der Waals surface area contributed by atoms with E-state index in [4.69, 9.17) is 0 Å². The number of nitrogens with zero attached hydrogens (tertiary/aromatic N) is 2. The zero-order valence-electron chi connectivity index (χ0n) is 7.36. The lowest BCUT2D eigenvalue weighted by molar-refractivity contribution is -0.823. The van der Waals surface area contributed by atoms with E-state index in [1.54, 1.807) is 0 Å². The Morgan fingerprint density at radius 3 is 1.75 bits per heavy atom. The van der Waals surface area contributed by atoms with Crippen LogP contribution in [0.3, 0.4) is 0 Å². The fourth-order valence-electron chi connectivity index (χ4n) is 2.14. The Hall–Kier alpha value is -0.130. The van der Waals surface area contributed by atoms with Gasteiger partial charge in [0.2, 0.25) is 0 Å². The third kappa shape index (κ3) is 1.08. The van der Waals surface area contributed by atoms with E-state index in [1.807, 2.05) is 0 Å². The minimum Gasteiger partial charge on any atom is -0.287 e. The van der Waals surface area contributed by atoms with Crippen molar-refractivity contribution in [3.63, 3.8) is 0 Å². The molecule has 0 aromatic carbocycles. The molecule has 0 amide bonds. The van der Waals surface area contributed by atoms with Crippen molar-refractivity contribution < 1.29 is 12.3 Å². The third-order valence-electron chi connectivity index (χ3n) is 3.17. The molecule has 0 aromatic heterocycles. The molecule has 2 bridgehead atoms. The van der Waals surface area contributed by atoms with Crippen molar-refractivity contribution in [3.8, 4) is 0 Å². The first-order valence-corrected chi connectivity index (χ1v) is 6.17. The summed E-state index contributed by atoms with van der Waals surface area (Å²) in [5.74, 6) is 0. The standard InChI is InChI=1S/C7H15N2O2S/c1-12(10,11)9-5-2-8(3-6-9)4-7-9/h2-7H2,1H3/q+1. The average molecular weight is 191 g/mol. The molecule has 0 unspecified atom stereocenters. The Balaban J connectivity index is 2.31. The summed E-state index contributed by atoms with van der Waals surface area (Å²) in [6.45, 7) is 5.23. The number of piperazine rings is 3. The SMILES string of the molecule is CS(=O)(=O)[N+]12CCN(CC1)CC2. The van der Waals surface area contributed by atoms with E-state index >= 15 is 0 Å². The largest absolute Gasteiger partial charge is 0.294 e. The molecule has 3 aliphatic heterocycles. The molecular formula is C7H15N2O2S+. The molecule has 3 heterocycles. The van der Waals surface area contributed by atoms with Gasteiger partial charge < -0.3 is 0 Å². The molecule has 12 heavy (non-hydrogen) atoms. The van der Waals surface area contributed by atoms with Crippen molar-refractivity contribution in [2.45, 2.75) is 0 Å². The van der Waals surface area contributed by atoms with E-state index in [1.165, 1.54) is 6.26 Å². The molecule has 0 atom stereocenters. The number of hydrogen-bond acceptors (Lipinski definition) is 3. The summed E-state index contributed by atoms with van der Waals surface area (Å²) in [5.41, 5.74) is 0. The van der Waals surface area contributed by atoms with Gasteiger partial charge >= 0.3 is 0 Å². The fraction of sp³-hybridized carbons (Fsp3) is 1.00. The van der Waals surface area contributed by atoms with Crippen LogP contribution in [0.5, 0.6) is 0 Å². The van der Waals surface area contributed by atoms with E-state index < -0.39 is 10.0 Å². The quantitative estimate of drug-likeness (QED) is 0.504. The molecule has 3 aliphatic rings. The summed E-state index contributed by atoms with van der Waals surface area (Å²) in [6.07, 6.45) is 1.37. The van der Waals surface area contributed by atoms with Crippen LogP contribution in [0.25, 0.3) is 0 Å². The zero-order chi connectivity index (χ0) is 8.82. The lowest BCUT2D eigenvalue weighted by Crippen LogP contribution is -2.68. The minimum atomic E-state index is -2.89. The van der Waals surface area contributed by atoms with Crippen LogP contribution in [-0.2, 0) is 10.0 Å². The first kappa shape index (κ1) is 8.47. The van der Waals surface area contributed by atoms with Crippen molar-refractivity contribution in [2.75, 3.05) is 45.5 Å². The summed E-state index contributed by atoms with van der Waals surface area (Å²) >= 11 is 0. The Morgan fingerprint density at radius 2 is 1.50 bits per heavy atom. The van der Waals surface area contributed by atoms with Gasteiger partial charge in [-0.15, -0.1) is 0 Å². The van der Waals surface area contributed by atoms with Gasteiger partial charge in [-0.05, 0) is 0 Å². The van der Waals surface area contributed by atoms with Crippen LogP contribution >= 0.6 is 0 Å². The monoisotopic (exact) mass is 191 g/mol. The Morgan fingerprint density at radius 1 is 1.08 bits per heavy atom. The molecule has 5 heteroatoms. The van der Waals surface area contributed by atoms with Crippen LogP contribution in [-0.4, -0.2) is 62.7 Å². The Bertz CT molecular complexity index is 264. The molecule has 0 radical (unpaired) electrons. The Labute approximate surface area is 73.4 Å². The van der Waals surface area contributed by atoms with Crippen molar-refractivity contribution in [1.82, 2.24) is 4.90 Å². The summed E-state index contributed by atoms with van der Waals surface area (Å²) in [7, 11) is -2.89. The molecule has 4 nitrogen and oxygen atoms in total. The van der Waals surface area contributed by atoms with Crippen LogP contribution in [0, 0.1) is 0 Å². The molecule has 0 aliphatic carbocycles. The third-order valence-corrected chi connectivity index (χ3v) is 5.13. The van der Waals surface area contributed by atoms with Gasteiger partial charge in [0.25, 0.3) is 10.0 Å². The lowest BCUT2D eigenvalue weighted by atomic mass is 10.2. The molecule has 0 N–H and O–H groups in total. The molecule has 3 saturated heterocycles. The van der Waals surface area contributed by atoms with Gasteiger partial charge in [0.1, 0.15) is 19.6 Å². The van der Waals surface area contributed by atoms with Crippen molar-refractivity contribution >= 4 is 10.0 Å². The van der Waals surface area contributed by atoms with Gasteiger partial charge in [-0.2, -0.15) is 8.42 Å². The van der Waals surface area contributed by atoms with Crippen LogP contribution < -0.4 is 0 Å². The van der Waals surface area contributed by atoms with E-state index in [-0.39, 0.29) is 0 Å². The van der Waals surface area contributed by atoms with Crippen molar-refractivity contribution in [2.24, 2.45) is 0 Å². The molecule has 0 aromatic rings. The van der Waals surface area contributed by atoms with E-state index in [9.17, 15) is 8.42 Å². The average Bonchev–Trinajstić information content (AvgIpc) is 2.06. The topological polar surface area (TPSA) is 37.4 Å². The van der Waals surface area contributed by atoms with Crippen LogP contribution in [0.15, 0.2) is 0 Å². The van der Waals surface area contributed by atoms with E-state index in [2.05, 4.69) is 4.90 Å². The Kier molecular flexibility index (Phi) is 1.72. The van der Waals surface area contributed by atoms with E-state index in [0.29, 0.717) is 3.89 Å². The van der Waals surface area contributed by atoms with Crippen LogP contribution in [0.4, 0.5) is 0 Å². The molecular weight excluding hydrogens is 176 g/mol. The van der Waals surface area contributed by atoms with Gasteiger partial charge in [-0.25, -0.2) is 3.89 Å². The van der Waals surface area contributed by atoms with Gasteiger partial charge in [0, 0.05) is 19.6 Å². The predicted molar refractivity (Wildman–Crippen MR) is 46.1 cm³/mol. The number of rotatable bonds is 1. The number of fused-ring (bicyclic) bond motifs is 3. The second-order valence-electron chi connectivity index (χ2n) is 3.80. The molecule has 3 fully saturated rings. The number of sulfonamides is 1. The maximum atomic E-state index is 11.5. The fourth-order valence-corrected chi connectivity index (χ4v) is 3.38. The van der Waals surface area contributed by atoms with E-state index in [0.717, 1.165) is 39.3 Å². The van der Waals surface area contributed by atoms with Gasteiger partial charge in [-0.1, -0.05) is 0 Å². The summed E-state index contributed by atoms with van der Waals surface area (Å²) in [6, 6.07) is 0. The maximum Gasteiger partial charge on any atom is 0.294 e. The first-order chi connectivity index (χ1) is 5.54. The smallest absolute Gasteiger partial charge is 0.287 e.